The first kappa shape index (κ1) is 20.0. The highest BCUT2D eigenvalue weighted by atomic mass is 16.5. The van der Waals surface area contributed by atoms with Crippen molar-refractivity contribution in [3.8, 4) is 22.9 Å². The number of benzene rings is 3. The van der Waals surface area contributed by atoms with Gasteiger partial charge in [0.25, 0.3) is 5.91 Å². The Morgan fingerprint density at radius 2 is 1.48 bits per heavy atom. The van der Waals surface area contributed by atoms with Gasteiger partial charge in [0.2, 0.25) is 11.8 Å². The minimum absolute atomic E-state index is 0.299. The van der Waals surface area contributed by atoms with Crippen LogP contribution in [0.2, 0.25) is 0 Å². The Balaban J connectivity index is 1.51. The predicted octanol–water partition coefficient (Wildman–Crippen LogP) is 4.75. The molecule has 0 bridgehead atoms. The molecule has 0 atom stereocenters. The first-order valence-electron chi connectivity index (χ1n) is 9.55. The second kappa shape index (κ2) is 8.62. The normalized spacial score (nSPS) is 10.5. The van der Waals surface area contributed by atoms with Crippen LogP contribution in [0.5, 0.6) is 0 Å². The number of carbonyl (C=O) groups excluding carboxylic acids is 2. The summed E-state index contributed by atoms with van der Waals surface area (Å²) < 4.78 is 10.5. The lowest BCUT2D eigenvalue weighted by Gasteiger charge is -2.11. The van der Waals surface area contributed by atoms with E-state index in [1.54, 1.807) is 49.4 Å². The Hall–Kier alpha value is -4.26. The number of rotatable bonds is 5. The van der Waals surface area contributed by atoms with Crippen LogP contribution in [0.15, 0.2) is 77.2 Å². The Morgan fingerprint density at radius 3 is 2.13 bits per heavy atom. The first-order valence-corrected chi connectivity index (χ1v) is 9.55. The molecule has 7 heteroatoms. The van der Waals surface area contributed by atoms with E-state index in [1.165, 1.54) is 7.11 Å². The number of carbonyl (C=O) groups is 2. The van der Waals surface area contributed by atoms with Gasteiger partial charge in [0, 0.05) is 22.4 Å². The molecule has 4 rings (SSSR count). The summed E-state index contributed by atoms with van der Waals surface area (Å²) in [7, 11) is 1.32. The van der Waals surface area contributed by atoms with Gasteiger partial charge in [-0.15, -0.1) is 10.2 Å². The minimum Gasteiger partial charge on any atom is -0.465 e. The lowest BCUT2D eigenvalue weighted by atomic mass is 10.1. The van der Waals surface area contributed by atoms with Crippen molar-refractivity contribution in [1.82, 2.24) is 10.2 Å². The molecule has 1 amide bonds. The number of amides is 1. The molecule has 0 aliphatic rings. The third-order valence-corrected chi connectivity index (χ3v) is 4.83. The van der Waals surface area contributed by atoms with E-state index in [2.05, 4.69) is 15.5 Å². The van der Waals surface area contributed by atoms with Gasteiger partial charge in [-0.05, 0) is 61.0 Å². The van der Waals surface area contributed by atoms with E-state index in [9.17, 15) is 9.59 Å². The molecule has 4 aromatic rings. The number of anilines is 1. The monoisotopic (exact) mass is 413 g/mol. The number of ether oxygens (including phenoxy) is 1. The highest BCUT2D eigenvalue weighted by Crippen LogP contribution is 2.25. The highest BCUT2D eigenvalue weighted by Gasteiger charge is 2.15. The van der Waals surface area contributed by atoms with E-state index in [-0.39, 0.29) is 5.91 Å². The van der Waals surface area contributed by atoms with Crippen LogP contribution in [-0.2, 0) is 4.74 Å². The number of nitrogens with zero attached hydrogens (tertiary/aromatic N) is 2. The van der Waals surface area contributed by atoms with Crippen LogP contribution in [0.1, 0.15) is 26.3 Å². The SMILES string of the molecule is COC(=O)c1cccc(NC(=O)c2ccc(-c3nnc(-c4ccccc4)o3)cc2)c1C. The molecule has 1 N–H and O–H groups in total. The van der Waals surface area contributed by atoms with Gasteiger partial charge in [0.1, 0.15) is 0 Å². The average molecular weight is 413 g/mol. The molecule has 0 spiro atoms. The maximum Gasteiger partial charge on any atom is 0.338 e. The summed E-state index contributed by atoms with van der Waals surface area (Å²) in [6.07, 6.45) is 0. The van der Waals surface area contributed by atoms with Gasteiger partial charge in [-0.3, -0.25) is 4.79 Å². The zero-order valence-electron chi connectivity index (χ0n) is 17.0. The third-order valence-electron chi connectivity index (χ3n) is 4.83. The molecular weight excluding hydrogens is 394 g/mol. The molecule has 154 valence electrons. The summed E-state index contributed by atoms with van der Waals surface area (Å²) in [6, 6.07) is 21.4. The van der Waals surface area contributed by atoms with E-state index in [4.69, 9.17) is 9.15 Å². The fraction of sp³-hybridized carbons (Fsp3) is 0.0833. The van der Waals surface area contributed by atoms with Gasteiger partial charge >= 0.3 is 5.97 Å². The molecule has 1 aromatic heterocycles. The summed E-state index contributed by atoms with van der Waals surface area (Å²) in [6.45, 7) is 1.75. The molecule has 1 heterocycles. The summed E-state index contributed by atoms with van der Waals surface area (Å²) >= 11 is 0. The molecule has 3 aromatic carbocycles. The number of aromatic nitrogens is 2. The van der Waals surface area contributed by atoms with Crippen LogP contribution in [0, 0.1) is 6.92 Å². The van der Waals surface area contributed by atoms with Crippen LogP contribution in [-0.4, -0.2) is 29.2 Å². The molecule has 0 saturated heterocycles. The second-order valence-corrected chi connectivity index (χ2v) is 6.78. The maximum absolute atomic E-state index is 12.7. The van der Waals surface area contributed by atoms with E-state index >= 15 is 0 Å². The Labute approximate surface area is 178 Å². The van der Waals surface area contributed by atoms with Gasteiger partial charge in [0.05, 0.1) is 12.7 Å². The molecule has 0 radical (unpaired) electrons. The zero-order valence-corrected chi connectivity index (χ0v) is 17.0. The van der Waals surface area contributed by atoms with Crippen LogP contribution in [0.25, 0.3) is 22.9 Å². The molecule has 7 nitrogen and oxygen atoms in total. The molecule has 0 aliphatic heterocycles. The Morgan fingerprint density at radius 1 is 0.839 bits per heavy atom. The topological polar surface area (TPSA) is 94.3 Å². The third kappa shape index (κ3) is 4.20. The molecular formula is C24H19N3O4. The van der Waals surface area contributed by atoms with Crippen LogP contribution in [0.3, 0.4) is 0 Å². The van der Waals surface area contributed by atoms with Gasteiger partial charge < -0.3 is 14.5 Å². The summed E-state index contributed by atoms with van der Waals surface area (Å²) in [5.74, 6) is 0.0466. The standard InChI is InChI=1S/C24H19N3O4/c1-15-19(24(29)30-2)9-6-10-20(15)25-21(28)16-11-13-18(14-12-16)23-27-26-22(31-23)17-7-4-3-5-8-17/h3-14H,1-2H3,(H,25,28). The average Bonchev–Trinajstić information content (AvgIpc) is 3.31. The van der Waals surface area contributed by atoms with Gasteiger partial charge in [-0.1, -0.05) is 24.3 Å². The minimum atomic E-state index is -0.451. The number of hydrogen-bond acceptors (Lipinski definition) is 6. The van der Waals surface area contributed by atoms with Crippen LogP contribution >= 0.6 is 0 Å². The van der Waals surface area contributed by atoms with Gasteiger partial charge in [0.15, 0.2) is 0 Å². The summed E-state index contributed by atoms with van der Waals surface area (Å²) in [5.41, 5.74) is 3.58. The Kier molecular flexibility index (Phi) is 5.57. The van der Waals surface area contributed by atoms with Gasteiger partial charge in [-0.25, -0.2) is 4.79 Å². The van der Waals surface area contributed by atoms with E-state index < -0.39 is 5.97 Å². The summed E-state index contributed by atoms with van der Waals surface area (Å²) in [5, 5.41) is 11.0. The van der Waals surface area contributed by atoms with E-state index in [0.717, 1.165) is 5.56 Å². The second-order valence-electron chi connectivity index (χ2n) is 6.78. The van der Waals surface area contributed by atoms with Crippen molar-refractivity contribution in [2.75, 3.05) is 12.4 Å². The molecule has 0 saturated carbocycles. The lowest BCUT2D eigenvalue weighted by Crippen LogP contribution is -2.14. The molecule has 0 unspecified atom stereocenters. The maximum atomic E-state index is 12.7. The van der Waals surface area contributed by atoms with Crippen molar-refractivity contribution in [2.24, 2.45) is 0 Å². The van der Waals surface area contributed by atoms with Crippen molar-refractivity contribution in [2.45, 2.75) is 6.92 Å². The highest BCUT2D eigenvalue weighted by molar-refractivity contribution is 6.05. The van der Waals surface area contributed by atoms with Crippen LogP contribution < -0.4 is 5.32 Å². The lowest BCUT2D eigenvalue weighted by molar-refractivity contribution is 0.0599. The zero-order chi connectivity index (χ0) is 21.8. The molecule has 0 fully saturated rings. The van der Waals surface area contributed by atoms with Crippen molar-refractivity contribution in [1.29, 1.82) is 0 Å². The largest absolute Gasteiger partial charge is 0.465 e. The van der Waals surface area contributed by atoms with E-state index in [1.807, 2.05) is 30.3 Å². The Bertz CT molecular complexity index is 1230. The van der Waals surface area contributed by atoms with Crippen molar-refractivity contribution >= 4 is 17.6 Å². The number of hydrogen-bond donors (Lipinski definition) is 1. The van der Waals surface area contributed by atoms with Crippen molar-refractivity contribution < 1.29 is 18.7 Å². The quantitative estimate of drug-likeness (QED) is 0.475. The number of methoxy groups -OCH3 is 1. The molecule has 0 aliphatic carbocycles. The van der Waals surface area contributed by atoms with Crippen molar-refractivity contribution in [3.63, 3.8) is 0 Å². The van der Waals surface area contributed by atoms with Gasteiger partial charge in [-0.2, -0.15) is 0 Å². The smallest absolute Gasteiger partial charge is 0.338 e. The number of esters is 1. The fourth-order valence-electron chi connectivity index (χ4n) is 3.10. The van der Waals surface area contributed by atoms with Crippen molar-refractivity contribution in [3.05, 3.63) is 89.5 Å². The fourth-order valence-corrected chi connectivity index (χ4v) is 3.10. The van der Waals surface area contributed by atoms with Crippen LogP contribution in [0.4, 0.5) is 5.69 Å². The number of nitrogens with one attached hydrogen (secondary N) is 1. The van der Waals surface area contributed by atoms with E-state index in [0.29, 0.717) is 39.7 Å². The first-order chi connectivity index (χ1) is 15.1. The molecule has 31 heavy (non-hydrogen) atoms. The summed E-state index contributed by atoms with van der Waals surface area (Å²) in [4.78, 5) is 24.5. The predicted molar refractivity (Wildman–Crippen MR) is 116 cm³/mol.